The van der Waals surface area contributed by atoms with Crippen LogP contribution in [0.2, 0.25) is 0 Å². The maximum absolute atomic E-state index is 5.84. The fourth-order valence-corrected chi connectivity index (χ4v) is 2.11. The Morgan fingerprint density at radius 2 is 2.00 bits per heavy atom. The average molecular weight is 248 g/mol. The van der Waals surface area contributed by atoms with Gasteiger partial charge >= 0.3 is 0 Å². The van der Waals surface area contributed by atoms with Crippen molar-refractivity contribution in [2.24, 2.45) is 0 Å². The van der Waals surface area contributed by atoms with Crippen LogP contribution in [-0.4, -0.2) is 18.8 Å². The zero-order valence-electron chi connectivity index (χ0n) is 11.3. The number of benzene rings is 1. The largest absolute Gasteiger partial charge is 0.374 e. The van der Waals surface area contributed by atoms with E-state index in [-0.39, 0.29) is 0 Å². The zero-order valence-corrected chi connectivity index (χ0v) is 11.3. The summed E-state index contributed by atoms with van der Waals surface area (Å²) in [6, 6.07) is 10.4. The van der Waals surface area contributed by atoms with Crippen molar-refractivity contribution in [2.75, 3.05) is 6.61 Å². The SMILES string of the molecule is C[C@H](CCCCCC1CO1)OCc1ccccc1. The fourth-order valence-electron chi connectivity index (χ4n) is 2.11. The van der Waals surface area contributed by atoms with E-state index in [0.29, 0.717) is 12.2 Å². The molecule has 100 valence electrons. The molecule has 1 saturated heterocycles. The highest BCUT2D eigenvalue weighted by atomic mass is 16.6. The Kier molecular flexibility index (Phi) is 5.69. The first-order chi connectivity index (χ1) is 8.84. The van der Waals surface area contributed by atoms with Gasteiger partial charge in [0.15, 0.2) is 0 Å². The van der Waals surface area contributed by atoms with Crippen LogP contribution in [0.25, 0.3) is 0 Å². The van der Waals surface area contributed by atoms with E-state index in [1.807, 2.05) is 6.07 Å². The summed E-state index contributed by atoms with van der Waals surface area (Å²) in [5.41, 5.74) is 1.26. The maximum Gasteiger partial charge on any atom is 0.0810 e. The van der Waals surface area contributed by atoms with E-state index in [2.05, 4.69) is 31.2 Å². The predicted octanol–water partition coefficient (Wildman–Crippen LogP) is 3.94. The van der Waals surface area contributed by atoms with E-state index in [4.69, 9.17) is 9.47 Å². The molecule has 0 aromatic heterocycles. The summed E-state index contributed by atoms with van der Waals surface area (Å²) in [6.07, 6.45) is 7.24. The predicted molar refractivity (Wildman–Crippen MR) is 73.5 cm³/mol. The lowest BCUT2D eigenvalue weighted by atomic mass is 10.1. The molecule has 18 heavy (non-hydrogen) atoms. The highest BCUT2D eigenvalue weighted by Crippen LogP contribution is 2.18. The number of hydrogen-bond acceptors (Lipinski definition) is 2. The third kappa shape index (κ3) is 5.65. The number of rotatable bonds is 9. The van der Waals surface area contributed by atoms with E-state index in [0.717, 1.165) is 13.2 Å². The second-order valence-electron chi connectivity index (χ2n) is 5.20. The molecule has 1 fully saturated rings. The molecule has 2 atom stereocenters. The second-order valence-corrected chi connectivity index (χ2v) is 5.20. The second kappa shape index (κ2) is 7.55. The minimum absolute atomic E-state index is 0.363. The summed E-state index contributed by atoms with van der Waals surface area (Å²) in [6.45, 7) is 3.90. The van der Waals surface area contributed by atoms with E-state index >= 15 is 0 Å². The molecule has 1 aromatic carbocycles. The van der Waals surface area contributed by atoms with Gasteiger partial charge in [-0.05, 0) is 25.3 Å². The van der Waals surface area contributed by atoms with Crippen LogP contribution < -0.4 is 0 Å². The molecule has 1 heterocycles. The van der Waals surface area contributed by atoms with Crippen LogP contribution in [-0.2, 0) is 16.1 Å². The molecule has 1 aliphatic rings. The summed E-state index contributed by atoms with van der Waals surface area (Å²) < 4.78 is 11.0. The topological polar surface area (TPSA) is 21.8 Å². The van der Waals surface area contributed by atoms with Crippen molar-refractivity contribution in [3.05, 3.63) is 35.9 Å². The summed E-state index contributed by atoms with van der Waals surface area (Å²) in [5, 5.41) is 0. The monoisotopic (exact) mass is 248 g/mol. The van der Waals surface area contributed by atoms with Gasteiger partial charge in [0.05, 0.1) is 25.4 Å². The van der Waals surface area contributed by atoms with Crippen LogP contribution in [0, 0.1) is 0 Å². The first kappa shape index (κ1) is 13.6. The molecule has 0 amide bonds. The third-order valence-electron chi connectivity index (χ3n) is 3.42. The van der Waals surface area contributed by atoms with Crippen molar-refractivity contribution in [1.82, 2.24) is 0 Å². The lowest BCUT2D eigenvalue weighted by Crippen LogP contribution is -2.07. The fraction of sp³-hybridized carbons (Fsp3) is 0.625. The van der Waals surface area contributed by atoms with Crippen LogP contribution in [0.3, 0.4) is 0 Å². The van der Waals surface area contributed by atoms with Crippen molar-refractivity contribution in [1.29, 1.82) is 0 Å². The lowest BCUT2D eigenvalue weighted by Gasteiger charge is -2.12. The molecule has 1 aliphatic heterocycles. The minimum Gasteiger partial charge on any atom is -0.374 e. The molecule has 2 rings (SSSR count). The third-order valence-corrected chi connectivity index (χ3v) is 3.42. The van der Waals surface area contributed by atoms with Gasteiger partial charge in [0.1, 0.15) is 0 Å². The molecule has 2 heteroatoms. The van der Waals surface area contributed by atoms with Gasteiger partial charge in [0.25, 0.3) is 0 Å². The van der Waals surface area contributed by atoms with E-state index in [9.17, 15) is 0 Å². The van der Waals surface area contributed by atoms with Crippen molar-refractivity contribution >= 4 is 0 Å². The highest BCUT2D eigenvalue weighted by Gasteiger charge is 2.20. The molecule has 0 saturated carbocycles. The number of ether oxygens (including phenoxy) is 2. The van der Waals surface area contributed by atoms with Crippen molar-refractivity contribution in [3.63, 3.8) is 0 Å². The quantitative estimate of drug-likeness (QED) is 0.487. The Balaban J connectivity index is 1.47. The van der Waals surface area contributed by atoms with Crippen LogP contribution in [0.15, 0.2) is 30.3 Å². The van der Waals surface area contributed by atoms with Crippen LogP contribution in [0.5, 0.6) is 0 Å². The Labute approximate surface area is 110 Å². The van der Waals surface area contributed by atoms with Gasteiger partial charge in [0.2, 0.25) is 0 Å². The molecule has 1 aromatic rings. The van der Waals surface area contributed by atoms with Gasteiger partial charge in [-0.25, -0.2) is 0 Å². The Bertz CT molecular complexity index is 319. The van der Waals surface area contributed by atoms with E-state index in [1.165, 1.54) is 37.7 Å². The van der Waals surface area contributed by atoms with Crippen molar-refractivity contribution in [2.45, 2.75) is 57.8 Å². The van der Waals surface area contributed by atoms with Gasteiger partial charge in [-0.2, -0.15) is 0 Å². The molecule has 2 nitrogen and oxygen atoms in total. The van der Waals surface area contributed by atoms with Crippen LogP contribution in [0.4, 0.5) is 0 Å². The molecule has 1 unspecified atom stereocenters. The Hall–Kier alpha value is -0.860. The first-order valence-corrected chi connectivity index (χ1v) is 7.12. The Morgan fingerprint density at radius 3 is 2.72 bits per heavy atom. The minimum atomic E-state index is 0.363. The maximum atomic E-state index is 5.84. The number of hydrogen-bond donors (Lipinski definition) is 0. The summed E-state index contributed by atoms with van der Waals surface area (Å²) in [4.78, 5) is 0. The van der Waals surface area contributed by atoms with Crippen LogP contribution >= 0.6 is 0 Å². The molecule has 0 bridgehead atoms. The van der Waals surface area contributed by atoms with Crippen molar-refractivity contribution in [3.8, 4) is 0 Å². The van der Waals surface area contributed by atoms with Crippen LogP contribution in [0.1, 0.15) is 44.6 Å². The molecule has 0 aliphatic carbocycles. The summed E-state index contributed by atoms with van der Waals surface area (Å²) in [5.74, 6) is 0. The molecule has 0 spiro atoms. The molecular weight excluding hydrogens is 224 g/mol. The van der Waals surface area contributed by atoms with E-state index in [1.54, 1.807) is 0 Å². The van der Waals surface area contributed by atoms with Gasteiger partial charge < -0.3 is 9.47 Å². The van der Waals surface area contributed by atoms with Gasteiger partial charge in [-0.15, -0.1) is 0 Å². The number of epoxide rings is 1. The normalized spacial score (nSPS) is 19.7. The molecule has 0 N–H and O–H groups in total. The summed E-state index contributed by atoms with van der Waals surface area (Å²) >= 11 is 0. The molecular formula is C16H24O2. The lowest BCUT2D eigenvalue weighted by molar-refractivity contribution is 0.0458. The first-order valence-electron chi connectivity index (χ1n) is 7.12. The highest BCUT2D eigenvalue weighted by molar-refractivity contribution is 5.13. The van der Waals surface area contributed by atoms with Crippen molar-refractivity contribution < 1.29 is 9.47 Å². The molecule has 0 radical (unpaired) electrons. The Morgan fingerprint density at radius 1 is 1.22 bits per heavy atom. The number of unbranched alkanes of at least 4 members (excludes halogenated alkanes) is 2. The summed E-state index contributed by atoms with van der Waals surface area (Å²) in [7, 11) is 0. The smallest absolute Gasteiger partial charge is 0.0810 e. The van der Waals surface area contributed by atoms with E-state index < -0.39 is 0 Å². The zero-order chi connectivity index (χ0) is 12.6. The average Bonchev–Trinajstić information content (AvgIpc) is 3.21. The van der Waals surface area contributed by atoms with Gasteiger partial charge in [-0.1, -0.05) is 49.6 Å². The standard InChI is InChI=1S/C16H24O2/c1-14(8-4-2-7-11-16-13-18-16)17-12-15-9-5-3-6-10-15/h3,5-6,9-10,14,16H,2,4,7-8,11-13H2,1H3/t14-,16?/m1/s1. The van der Waals surface area contributed by atoms with Gasteiger partial charge in [0, 0.05) is 0 Å². The van der Waals surface area contributed by atoms with Gasteiger partial charge in [-0.3, -0.25) is 0 Å².